The molecule has 0 saturated carbocycles. The number of nitrogens with one attached hydrogen (secondary N) is 1. The molecule has 1 aliphatic heterocycles. The summed E-state index contributed by atoms with van der Waals surface area (Å²) in [4.78, 5) is 32.1. The van der Waals surface area contributed by atoms with Crippen LogP contribution in [0.25, 0.3) is 0 Å². The lowest BCUT2D eigenvalue weighted by Crippen LogP contribution is -2.36. The Labute approximate surface area is 140 Å². The molecule has 1 aromatic rings. The standard InChI is InChI=1S/C12H13N3O7S2/c16-12(13-8-3-4-24(21,22)7-8)6-23-11-2-1-9(14(17)18)5-10(11)15(19)20/h1-2,5,8H,3-4,6-7H2,(H,13,16). The largest absolute Gasteiger partial charge is 0.352 e. The van der Waals surface area contributed by atoms with Crippen LogP contribution in [-0.2, 0) is 14.6 Å². The maximum absolute atomic E-state index is 11.8. The summed E-state index contributed by atoms with van der Waals surface area (Å²) in [6.07, 6.45) is 0.344. The molecule has 1 heterocycles. The molecule has 0 bridgehead atoms. The molecule has 0 aromatic heterocycles. The van der Waals surface area contributed by atoms with Crippen LogP contribution in [0, 0.1) is 20.2 Å². The van der Waals surface area contributed by atoms with Crippen LogP contribution in [0.1, 0.15) is 6.42 Å². The van der Waals surface area contributed by atoms with Crippen molar-refractivity contribution in [2.45, 2.75) is 17.4 Å². The van der Waals surface area contributed by atoms with Gasteiger partial charge < -0.3 is 5.32 Å². The summed E-state index contributed by atoms with van der Waals surface area (Å²) in [5.41, 5.74) is -0.864. The second kappa shape index (κ2) is 7.13. The summed E-state index contributed by atoms with van der Waals surface area (Å²) in [5.74, 6) is -0.690. The van der Waals surface area contributed by atoms with Gasteiger partial charge >= 0.3 is 0 Å². The number of sulfone groups is 1. The summed E-state index contributed by atoms with van der Waals surface area (Å²) < 4.78 is 22.6. The minimum atomic E-state index is -3.11. The molecule has 2 rings (SSSR count). The number of nitro benzene ring substituents is 2. The molecule has 1 N–H and O–H groups in total. The van der Waals surface area contributed by atoms with Crippen LogP contribution >= 0.6 is 11.8 Å². The van der Waals surface area contributed by atoms with E-state index in [-0.39, 0.29) is 22.2 Å². The number of carbonyl (C=O) groups is 1. The molecule has 0 spiro atoms. The quantitative estimate of drug-likeness (QED) is 0.438. The third-order valence-corrected chi connectivity index (χ3v) is 6.14. The van der Waals surface area contributed by atoms with Crippen molar-refractivity contribution in [1.82, 2.24) is 5.32 Å². The molecule has 1 aromatic carbocycles. The summed E-state index contributed by atoms with van der Waals surface area (Å²) in [6, 6.07) is 2.73. The van der Waals surface area contributed by atoms with Crippen molar-refractivity contribution in [2.24, 2.45) is 0 Å². The summed E-state index contributed by atoms with van der Waals surface area (Å²) in [6.45, 7) is 0. The number of hydrogen-bond acceptors (Lipinski definition) is 8. The van der Waals surface area contributed by atoms with Gasteiger partial charge in [-0.25, -0.2) is 8.42 Å². The summed E-state index contributed by atoms with van der Waals surface area (Å²) in [7, 11) is -3.11. The van der Waals surface area contributed by atoms with Gasteiger partial charge in [-0.1, -0.05) is 0 Å². The van der Waals surface area contributed by atoms with Crippen LogP contribution < -0.4 is 5.32 Å². The maximum atomic E-state index is 11.8. The van der Waals surface area contributed by atoms with Crippen molar-refractivity contribution in [3.05, 3.63) is 38.4 Å². The monoisotopic (exact) mass is 375 g/mol. The van der Waals surface area contributed by atoms with Gasteiger partial charge in [0.2, 0.25) is 5.91 Å². The van der Waals surface area contributed by atoms with Gasteiger partial charge in [0.25, 0.3) is 11.4 Å². The number of nitrogens with zero attached hydrogens (tertiary/aromatic N) is 2. The van der Waals surface area contributed by atoms with E-state index in [9.17, 15) is 33.4 Å². The molecule has 12 heteroatoms. The molecule has 24 heavy (non-hydrogen) atoms. The molecular formula is C12H13N3O7S2. The molecule has 130 valence electrons. The number of thioether (sulfide) groups is 1. The highest BCUT2D eigenvalue weighted by atomic mass is 32.2. The Balaban J connectivity index is 1.99. The van der Waals surface area contributed by atoms with Crippen molar-refractivity contribution >= 4 is 38.9 Å². The first-order valence-electron chi connectivity index (χ1n) is 6.73. The average molecular weight is 375 g/mol. The highest BCUT2D eigenvalue weighted by molar-refractivity contribution is 8.00. The zero-order valence-electron chi connectivity index (χ0n) is 12.2. The smallest absolute Gasteiger partial charge is 0.289 e. The third-order valence-electron chi connectivity index (χ3n) is 3.31. The molecule has 1 atom stereocenters. The number of amides is 1. The fourth-order valence-corrected chi connectivity index (χ4v) is 4.69. The molecule has 0 aliphatic carbocycles. The molecule has 1 amide bonds. The normalized spacial score (nSPS) is 18.9. The molecule has 1 aliphatic rings. The van der Waals surface area contributed by atoms with Crippen LogP contribution in [0.15, 0.2) is 23.1 Å². The first-order valence-corrected chi connectivity index (χ1v) is 9.54. The van der Waals surface area contributed by atoms with E-state index in [4.69, 9.17) is 0 Å². The van der Waals surface area contributed by atoms with E-state index in [1.54, 1.807) is 0 Å². The van der Waals surface area contributed by atoms with E-state index in [1.807, 2.05) is 0 Å². The first kappa shape index (κ1) is 18.1. The molecule has 1 saturated heterocycles. The predicted molar refractivity (Wildman–Crippen MR) is 85.7 cm³/mol. The lowest BCUT2D eigenvalue weighted by molar-refractivity contribution is -0.396. The Bertz CT molecular complexity index is 794. The van der Waals surface area contributed by atoms with E-state index in [1.165, 1.54) is 6.07 Å². The fourth-order valence-electron chi connectivity index (χ4n) is 2.21. The fraction of sp³-hybridized carbons (Fsp3) is 0.417. The van der Waals surface area contributed by atoms with Gasteiger partial charge in [0.1, 0.15) is 0 Å². The van der Waals surface area contributed by atoms with E-state index < -0.39 is 43.0 Å². The van der Waals surface area contributed by atoms with Gasteiger partial charge in [0, 0.05) is 12.1 Å². The first-order chi connectivity index (χ1) is 11.2. The lowest BCUT2D eigenvalue weighted by atomic mass is 10.3. The predicted octanol–water partition coefficient (Wildman–Crippen LogP) is 0.898. The topological polar surface area (TPSA) is 150 Å². The molecule has 10 nitrogen and oxygen atoms in total. The van der Waals surface area contributed by atoms with E-state index in [2.05, 4.69) is 5.32 Å². The van der Waals surface area contributed by atoms with Crippen LogP contribution in [0.2, 0.25) is 0 Å². The van der Waals surface area contributed by atoms with Gasteiger partial charge in [-0.05, 0) is 12.5 Å². The summed E-state index contributed by atoms with van der Waals surface area (Å²) in [5, 5.41) is 24.2. The van der Waals surface area contributed by atoms with Crippen molar-refractivity contribution < 1.29 is 23.1 Å². The lowest BCUT2D eigenvalue weighted by Gasteiger charge is -2.10. The molecule has 1 unspecified atom stereocenters. The second-order valence-corrected chi connectivity index (χ2v) is 8.37. The highest BCUT2D eigenvalue weighted by Crippen LogP contribution is 2.32. The molecule has 0 radical (unpaired) electrons. The number of benzene rings is 1. The van der Waals surface area contributed by atoms with Gasteiger partial charge in [0.15, 0.2) is 9.84 Å². The van der Waals surface area contributed by atoms with Gasteiger partial charge in [-0.2, -0.15) is 0 Å². The van der Waals surface area contributed by atoms with E-state index in [0.29, 0.717) is 6.42 Å². The van der Waals surface area contributed by atoms with Gasteiger partial charge in [0.05, 0.1) is 38.1 Å². The van der Waals surface area contributed by atoms with Crippen LogP contribution in [0.3, 0.4) is 0 Å². The number of rotatable bonds is 6. The summed E-state index contributed by atoms with van der Waals surface area (Å²) >= 11 is 0.861. The maximum Gasteiger partial charge on any atom is 0.289 e. The minimum Gasteiger partial charge on any atom is -0.352 e. The van der Waals surface area contributed by atoms with E-state index in [0.717, 1.165) is 23.9 Å². The number of carbonyl (C=O) groups excluding carboxylic acids is 1. The Morgan fingerprint density at radius 1 is 1.29 bits per heavy atom. The second-order valence-electron chi connectivity index (χ2n) is 5.12. The van der Waals surface area contributed by atoms with Crippen molar-refractivity contribution in [3.8, 4) is 0 Å². The Kier molecular flexibility index (Phi) is 5.39. The Hall–Kier alpha value is -2.21. The van der Waals surface area contributed by atoms with Gasteiger partial charge in [-0.15, -0.1) is 11.8 Å². The molecular weight excluding hydrogens is 362 g/mol. The Morgan fingerprint density at radius 2 is 2.00 bits per heavy atom. The van der Waals surface area contributed by atoms with Crippen LogP contribution in [0.4, 0.5) is 11.4 Å². The van der Waals surface area contributed by atoms with Crippen molar-refractivity contribution in [2.75, 3.05) is 17.3 Å². The van der Waals surface area contributed by atoms with E-state index >= 15 is 0 Å². The van der Waals surface area contributed by atoms with Crippen molar-refractivity contribution in [1.29, 1.82) is 0 Å². The van der Waals surface area contributed by atoms with Gasteiger partial charge in [-0.3, -0.25) is 25.0 Å². The third kappa shape index (κ3) is 4.64. The highest BCUT2D eigenvalue weighted by Gasteiger charge is 2.29. The number of hydrogen-bond donors (Lipinski definition) is 1. The Morgan fingerprint density at radius 3 is 2.54 bits per heavy atom. The number of non-ortho nitro benzene ring substituents is 1. The zero-order chi connectivity index (χ0) is 17.9. The van der Waals surface area contributed by atoms with Crippen LogP contribution in [-0.4, -0.2) is 47.5 Å². The zero-order valence-corrected chi connectivity index (χ0v) is 13.8. The average Bonchev–Trinajstić information content (AvgIpc) is 2.83. The SMILES string of the molecule is O=C(CSc1ccc([N+](=O)[O-])cc1[N+](=O)[O-])NC1CCS(=O)(=O)C1. The minimum absolute atomic E-state index is 0.0267. The number of nitro groups is 2. The van der Waals surface area contributed by atoms with Crippen molar-refractivity contribution in [3.63, 3.8) is 0 Å². The molecule has 1 fully saturated rings. The van der Waals surface area contributed by atoms with Crippen LogP contribution in [0.5, 0.6) is 0 Å².